The van der Waals surface area contributed by atoms with E-state index in [0.717, 1.165) is 0 Å². The summed E-state index contributed by atoms with van der Waals surface area (Å²) in [5.41, 5.74) is 0.687. The van der Waals surface area contributed by atoms with Crippen molar-refractivity contribution in [3.8, 4) is 0 Å². The van der Waals surface area contributed by atoms with Crippen molar-refractivity contribution < 1.29 is 9.18 Å². The Morgan fingerprint density at radius 2 is 2.23 bits per heavy atom. The van der Waals surface area contributed by atoms with Gasteiger partial charge in [0.25, 0.3) is 5.91 Å². The topological polar surface area (TPSA) is 54.9 Å². The molecule has 3 rings (SSSR count). The molecule has 112 valence electrons. The van der Waals surface area contributed by atoms with Crippen molar-refractivity contribution in [3.63, 3.8) is 0 Å². The summed E-state index contributed by atoms with van der Waals surface area (Å²) >= 11 is 7.34. The van der Waals surface area contributed by atoms with Gasteiger partial charge in [-0.1, -0.05) is 17.7 Å². The Morgan fingerprint density at radius 1 is 1.41 bits per heavy atom. The summed E-state index contributed by atoms with van der Waals surface area (Å²) in [7, 11) is 0. The van der Waals surface area contributed by atoms with Gasteiger partial charge in [0.15, 0.2) is 0 Å². The van der Waals surface area contributed by atoms with Crippen LogP contribution in [0.25, 0.3) is 10.1 Å². The second-order valence-corrected chi connectivity index (χ2v) is 6.12. The monoisotopic (exact) mass is 335 g/mol. The summed E-state index contributed by atoms with van der Waals surface area (Å²) in [5.74, 6) is -0.779. The number of benzene rings is 1. The Hall–Kier alpha value is -2.05. The Balaban J connectivity index is 1.90. The van der Waals surface area contributed by atoms with E-state index in [1.807, 2.05) is 6.92 Å². The summed E-state index contributed by atoms with van der Waals surface area (Å²) in [6.07, 6.45) is 3.02. The molecule has 0 fully saturated rings. The van der Waals surface area contributed by atoms with Crippen molar-refractivity contribution in [2.45, 2.75) is 13.0 Å². The van der Waals surface area contributed by atoms with Gasteiger partial charge in [-0.15, -0.1) is 11.3 Å². The zero-order chi connectivity index (χ0) is 15.7. The first-order valence-corrected chi connectivity index (χ1v) is 7.70. The lowest BCUT2D eigenvalue weighted by atomic mass is 10.2. The van der Waals surface area contributed by atoms with Crippen molar-refractivity contribution in [3.05, 3.63) is 58.2 Å². The third-order valence-corrected chi connectivity index (χ3v) is 4.85. The van der Waals surface area contributed by atoms with Crippen molar-refractivity contribution in [1.29, 1.82) is 0 Å². The smallest absolute Gasteiger partial charge is 0.263 e. The largest absolute Gasteiger partial charge is 0.343 e. The van der Waals surface area contributed by atoms with Crippen LogP contribution >= 0.6 is 22.9 Å². The number of aromatic nitrogens is 2. The van der Waals surface area contributed by atoms with Crippen LogP contribution in [0, 0.1) is 5.82 Å². The highest BCUT2D eigenvalue weighted by atomic mass is 35.5. The molecule has 0 aliphatic heterocycles. The number of hydrogen-bond donors (Lipinski definition) is 1. The molecule has 1 N–H and O–H groups in total. The van der Waals surface area contributed by atoms with Crippen LogP contribution in [0.5, 0.6) is 0 Å². The van der Waals surface area contributed by atoms with Crippen molar-refractivity contribution in [1.82, 2.24) is 15.3 Å². The van der Waals surface area contributed by atoms with Gasteiger partial charge in [0.2, 0.25) is 0 Å². The van der Waals surface area contributed by atoms with Crippen LogP contribution in [0.15, 0.2) is 36.8 Å². The van der Waals surface area contributed by atoms with Gasteiger partial charge in [0, 0.05) is 16.3 Å². The first-order valence-electron chi connectivity index (χ1n) is 6.51. The van der Waals surface area contributed by atoms with Gasteiger partial charge < -0.3 is 5.32 Å². The number of amides is 1. The number of carbonyl (C=O) groups excluding carboxylic acids is 1. The summed E-state index contributed by atoms with van der Waals surface area (Å²) in [6.45, 7) is 1.81. The molecule has 0 bridgehead atoms. The average Bonchev–Trinajstić information content (AvgIpc) is 2.86. The Labute approximate surface area is 135 Å². The molecule has 0 aliphatic carbocycles. The molecule has 1 atom stereocenters. The first kappa shape index (κ1) is 14.9. The van der Waals surface area contributed by atoms with E-state index in [4.69, 9.17) is 11.6 Å². The van der Waals surface area contributed by atoms with Gasteiger partial charge in [-0.25, -0.2) is 14.4 Å². The first-order chi connectivity index (χ1) is 10.6. The third-order valence-electron chi connectivity index (χ3n) is 3.21. The average molecular weight is 336 g/mol. The normalized spacial score (nSPS) is 12.3. The van der Waals surface area contributed by atoms with Gasteiger partial charge in [-0.05, 0) is 25.1 Å². The molecular formula is C15H11ClFN3OS. The number of hydrogen-bond acceptors (Lipinski definition) is 4. The van der Waals surface area contributed by atoms with Crippen LogP contribution in [0.1, 0.15) is 28.3 Å². The molecule has 22 heavy (non-hydrogen) atoms. The van der Waals surface area contributed by atoms with Gasteiger partial charge >= 0.3 is 0 Å². The van der Waals surface area contributed by atoms with E-state index < -0.39 is 5.82 Å². The highest BCUT2D eigenvalue weighted by molar-refractivity contribution is 7.21. The fourth-order valence-electron chi connectivity index (χ4n) is 2.11. The molecule has 0 radical (unpaired) electrons. The molecular weight excluding hydrogens is 325 g/mol. The predicted molar refractivity (Wildman–Crippen MR) is 84.7 cm³/mol. The number of rotatable bonds is 3. The number of nitrogens with zero attached hydrogens (tertiary/aromatic N) is 2. The SMILES string of the molecule is CC(NC(=O)c1sc2cccc(F)c2c1Cl)c1ccncn1. The highest BCUT2D eigenvalue weighted by Crippen LogP contribution is 2.37. The van der Waals surface area contributed by atoms with Crippen LogP contribution in [-0.2, 0) is 0 Å². The number of halogens is 2. The zero-order valence-corrected chi connectivity index (χ0v) is 13.1. The zero-order valence-electron chi connectivity index (χ0n) is 11.5. The van der Waals surface area contributed by atoms with Crippen molar-refractivity contribution in [2.75, 3.05) is 0 Å². The lowest BCUT2D eigenvalue weighted by Crippen LogP contribution is -2.26. The molecule has 0 spiro atoms. The molecule has 1 aromatic carbocycles. The lowest BCUT2D eigenvalue weighted by Gasteiger charge is -2.12. The van der Waals surface area contributed by atoms with Crippen LogP contribution in [0.4, 0.5) is 4.39 Å². The number of carbonyl (C=O) groups is 1. The molecule has 0 saturated heterocycles. The fraction of sp³-hybridized carbons (Fsp3) is 0.133. The van der Waals surface area contributed by atoms with E-state index in [1.165, 1.54) is 23.7 Å². The molecule has 7 heteroatoms. The molecule has 1 unspecified atom stereocenters. The predicted octanol–water partition coefficient (Wildman–Crippen LogP) is 3.97. The quantitative estimate of drug-likeness (QED) is 0.787. The molecule has 2 heterocycles. The maximum atomic E-state index is 13.8. The van der Waals surface area contributed by atoms with E-state index in [9.17, 15) is 9.18 Å². The maximum absolute atomic E-state index is 13.8. The fourth-order valence-corrected chi connectivity index (χ4v) is 3.57. The standard InChI is InChI=1S/C15H11ClFN3OS/c1-8(10-5-6-18-7-19-10)20-15(21)14-13(16)12-9(17)3-2-4-11(12)22-14/h2-8H,1H3,(H,20,21). The van der Waals surface area contributed by atoms with Gasteiger partial charge in [-0.2, -0.15) is 0 Å². The Morgan fingerprint density at radius 3 is 2.91 bits per heavy atom. The van der Waals surface area contributed by atoms with Crippen molar-refractivity contribution in [2.24, 2.45) is 0 Å². The van der Waals surface area contributed by atoms with Crippen LogP contribution in [0.3, 0.4) is 0 Å². The number of fused-ring (bicyclic) bond motifs is 1. The Bertz CT molecular complexity index is 837. The van der Waals surface area contributed by atoms with E-state index in [0.29, 0.717) is 15.3 Å². The van der Waals surface area contributed by atoms with Gasteiger partial charge in [0.1, 0.15) is 17.0 Å². The summed E-state index contributed by atoms with van der Waals surface area (Å²) in [4.78, 5) is 20.6. The summed E-state index contributed by atoms with van der Waals surface area (Å²) in [5, 5.41) is 3.24. The minimum atomic E-state index is -0.429. The molecule has 3 aromatic rings. The molecule has 0 aliphatic rings. The minimum Gasteiger partial charge on any atom is -0.343 e. The van der Waals surface area contributed by atoms with E-state index in [-0.39, 0.29) is 22.4 Å². The minimum absolute atomic E-state index is 0.144. The molecule has 1 amide bonds. The van der Waals surface area contributed by atoms with Gasteiger partial charge in [0.05, 0.1) is 16.8 Å². The summed E-state index contributed by atoms with van der Waals surface area (Å²) in [6, 6.07) is 6.07. The second-order valence-electron chi connectivity index (χ2n) is 4.69. The van der Waals surface area contributed by atoms with Crippen LogP contribution in [0.2, 0.25) is 5.02 Å². The van der Waals surface area contributed by atoms with Crippen molar-refractivity contribution >= 4 is 38.9 Å². The van der Waals surface area contributed by atoms with E-state index in [2.05, 4.69) is 15.3 Å². The number of nitrogens with one attached hydrogen (secondary N) is 1. The van der Waals surface area contributed by atoms with Crippen LogP contribution < -0.4 is 5.32 Å². The van der Waals surface area contributed by atoms with Crippen LogP contribution in [-0.4, -0.2) is 15.9 Å². The third kappa shape index (κ3) is 2.67. The maximum Gasteiger partial charge on any atom is 0.263 e. The van der Waals surface area contributed by atoms with Gasteiger partial charge in [-0.3, -0.25) is 4.79 Å². The molecule has 2 aromatic heterocycles. The second kappa shape index (κ2) is 5.98. The lowest BCUT2D eigenvalue weighted by molar-refractivity contribution is 0.0943. The highest BCUT2D eigenvalue weighted by Gasteiger charge is 2.21. The summed E-state index contributed by atoms with van der Waals surface area (Å²) < 4.78 is 14.5. The van der Waals surface area contributed by atoms with E-state index >= 15 is 0 Å². The Kier molecular flexibility index (Phi) is 4.04. The molecule has 0 saturated carbocycles. The molecule has 4 nitrogen and oxygen atoms in total. The number of thiophene rings is 1. The van der Waals surface area contributed by atoms with E-state index in [1.54, 1.807) is 24.4 Å².